The topological polar surface area (TPSA) is 35.2 Å². The maximum atomic E-state index is 12.6. The van der Waals surface area contributed by atoms with Gasteiger partial charge in [0.2, 0.25) is 0 Å². The molecule has 0 aromatic heterocycles. The van der Waals surface area contributed by atoms with Crippen LogP contribution in [0.3, 0.4) is 0 Å². The van der Waals surface area contributed by atoms with E-state index in [-0.39, 0.29) is 0 Å². The van der Waals surface area contributed by atoms with Crippen LogP contribution in [0.2, 0.25) is 0 Å². The first-order chi connectivity index (χ1) is 5.62. The first kappa shape index (κ1) is 12.6. The molecule has 0 aliphatic heterocycles. The fourth-order valence-electron chi connectivity index (χ4n) is 0.640. The average molecular weight is 207 g/mol. The molecule has 1 unspecified atom stereocenters. The Balaban J connectivity index is 5.00. The average Bonchev–Trinajstić information content (AvgIpc) is 2.00. The Morgan fingerprint density at radius 2 is 1.54 bits per heavy atom. The Kier molecular flexibility index (Phi) is 3.26. The molecule has 0 saturated heterocycles. The second-order valence-electron chi connectivity index (χ2n) is 2.71. The minimum Gasteiger partial charge on any atom is -0.371 e. The molecule has 13 heavy (non-hydrogen) atoms. The molecule has 0 radical (unpaired) electrons. The first-order valence-corrected chi connectivity index (χ1v) is 3.32. The molecule has 1 atom stereocenters. The normalized spacial score (nSPS) is 18.5. The summed E-state index contributed by atoms with van der Waals surface area (Å²) in [5, 5.41) is 0. The summed E-state index contributed by atoms with van der Waals surface area (Å²) in [6.45, 7) is -0.309. The molecular formula is C6H10F5NO. The second-order valence-corrected chi connectivity index (χ2v) is 2.71. The van der Waals surface area contributed by atoms with Crippen molar-refractivity contribution >= 4 is 0 Å². The van der Waals surface area contributed by atoms with Crippen LogP contribution in [0.5, 0.6) is 0 Å². The van der Waals surface area contributed by atoms with Gasteiger partial charge in [0.05, 0.1) is 0 Å². The van der Waals surface area contributed by atoms with Gasteiger partial charge < -0.3 is 10.5 Å². The molecule has 0 spiro atoms. The summed E-state index contributed by atoms with van der Waals surface area (Å²) >= 11 is 0. The van der Waals surface area contributed by atoms with E-state index in [0.717, 1.165) is 7.11 Å². The van der Waals surface area contributed by atoms with Gasteiger partial charge in [-0.3, -0.25) is 0 Å². The van der Waals surface area contributed by atoms with Crippen molar-refractivity contribution in [3.63, 3.8) is 0 Å². The summed E-state index contributed by atoms with van der Waals surface area (Å²) in [7, 11) is 0.756. The molecular weight excluding hydrogens is 197 g/mol. The quantitative estimate of drug-likeness (QED) is 0.712. The fraction of sp³-hybridized carbons (Fsp3) is 1.00. The fourth-order valence-corrected chi connectivity index (χ4v) is 0.640. The highest BCUT2D eigenvalue weighted by Gasteiger charge is 2.68. The molecule has 2 nitrogen and oxygen atoms in total. The lowest BCUT2D eigenvalue weighted by Gasteiger charge is -2.35. The third-order valence-electron chi connectivity index (χ3n) is 1.86. The van der Waals surface area contributed by atoms with Crippen molar-refractivity contribution in [1.29, 1.82) is 0 Å². The van der Waals surface area contributed by atoms with E-state index >= 15 is 0 Å². The molecule has 0 rings (SSSR count). The molecule has 2 N–H and O–H groups in total. The number of nitrogens with two attached hydrogens (primary N) is 1. The number of halogens is 5. The summed E-state index contributed by atoms with van der Waals surface area (Å²) in [5.41, 5.74) is 2.08. The zero-order chi connectivity index (χ0) is 10.9. The van der Waals surface area contributed by atoms with E-state index in [0.29, 0.717) is 6.92 Å². The third kappa shape index (κ3) is 1.91. The number of methoxy groups -OCH3 is 1. The highest BCUT2D eigenvalue weighted by atomic mass is 19.4. The van der Waals surface area contributed by atoms with Crippen LogP contribution in [-0.2, 0) is 4.74 Å². The molecule has 0 aromatic rings. The zero-order valence-electron chi connectivity index (χ0n) is 7.08. The Morgan fingerprint density at radius 1 is 1.15 bits per heavy atom. The monoisotopic (exact) mass is 207 g/mol. The summed E-state index contributed by atoms with van der Waals surface area (Å²) in [4.78, 5) is 0. The molecule has 80 valence electrons. The predicted molar refractivity (Wildman–Crippen MR) is 35.5 cm³/mol. The summed E-state index contributed by atoms with van der Waals surface area (Å²) in [6.07, 6.45) is -5.66. The van der Waals surface area contributed by atoms with Crippen LogP contribution in [0.15, 0.2) is 0 Å². The summed E-state index contributed by atoms with van der Waals surface area (Å²) < 4.78 is 64.8. The van der Waals surface area contributed by atoms with Gasteiger partial charge in [-0.2, -0.15) is 22.0 Å². The van der Waals surface area contributed by atoms with Crippen LogP contribution in [-0.4, -0.2) is 31.4 Å². The molecule has 0 aliphatic carbocycles. The first-order valence-electron chi connectivity index (χ1n) is 3.32. The smallest absolute Gasteiger partial charge is 0.371 e. The second kappa shape index (κ2) is 3.38. The van der Waals surface area contributed by atoms with E-state index in [1.54, 1.807) is 0 Å². The van der Waals surface area contributed by atoms with Gasteiger partial charge in [-0.1, -0.05) is 0 Å². The molecule has 0 bridgehead atoms. The van der Waals surface area contributed by atoms with Gasteiger partial charge in [0, 0.05) is 13.7 Å². The van der Waals surface area contributed by atoms with E-state index in [1.807, 2.05) is 0 Å². The molecule has 0 aliphatic rings. The van der Waals surface area contributed by atoms with Crippen LogP contribution < -0.4 is 5.73 Å². The lowest BCUT2D eigenvalue weighted by Crippen LogP contribution is -2.60. The van der Waals surface area contributed by atoms with Crippen LogP contribution in [0.1, 0.15) is 6.92 Å². The van der Waals surface area contributed by atoms with E-state index in [9.17, 15) is 22.0 Å². The minimum absolute atomic E-state index is 0.612. The van der Waals surface area contributed by atoms with Crippen molar-refractivity contribution in [2.75, 3.05) is 13.7 Å². The maximum absolute atomic E-state index is 12.6. The van der Waals surface area contributed by atoms with Gasteiger partial charge in [-0.15, -0.1) is 0 Å². The van der Waals surface area contributed by atoms with Crippen LogP contribution >= 0.6 is 0 Å². The highest BCUT2D eigenvalue weighted by Crippen LogP contribution is 2.44. The molecule has 0 fully saturated rings. The number of hydrogen-bond donors (Lipinski definition) is 1. The van der Waals surface area contributed by atoms with E-state index in [1.165, 1.54) is 0 Å². The van der Waals surface area contributed by atoms with Crippen LogP contribution in [0, 0.1) is 0 Å². The van der Waals surface area contributed by atoms with Crippen molar-refractivity contribution in [3.05, 3.63) is 0 Å². The Labute approximate surface area is 71.8 Å². The lowest BCUT2D eigenvalue weighted by atomic mass is 9.97. The van der Waals surface area contributed by atoms with Gasteiger partial charge in [-0.05, 0) is 6.92 Å². The van der Waals surface area contributed by atoms with Crippen molar-refractivity contribution in [2.24, 2.45) is 5.73 Å². The largest absolute Gasteiger partial charge is 0.456 e. The minimum atomic E-state index is -5.66. The van der Waals surface area contributed by atoms with E-state index < -0.39 is 24.2 Å². The van der Waals surface area contributed by atoms with Crippen LogP contribution in [0.4, 0.5) is 22.0 Å². The Bertz CT molecular complexity index is 174. The van der Waals surface area contributed by atoms with Crippen molar-refractivity contribution < 1.29 is 26.7 Å². The summed E-state index contributed by atoms with van der Waals surface area (Å²) in [5.74, 6) is -4.95. The lowest BCUT2D eigenvalue weighted by molar-refractivity contribution is -0.339. The molecule has 0 heterocycles. The maximum Gasteiger partial charge on any atom is 0.456 e. The molecule has 0 saturated carbocycles. The number of hydrogen-bond acceptors (Lipinski definition) is 2. The van der Waals surface area contributed by atoms with Gasteiger partial charge >= 0.3 is 12.1 Å². The number of alkyl halides is 5. The summed E-state index contributed by atoms with van der Waals surface area (Å²) in [6, 6.07) is 0. The van der Waals surface area contributed by atoms with Crippen LogP contribution in [0.25, 0.3) is 0 Å². The Morgan fingerprint density at radius 3 is 1.62 bits per heavy atom. The standard InChI is InChI=1S/C6H10F5NO/c1-4(3-12,13-2)5(7,8)6(9,10)11/h3,12H2,1-2H3. The molecule has 7 heteroatoms. The van der Waals surface area contributed by atoms with Crippen molar-refractivity contribution in [3.8, 4) is 0 Å². The SMILES string of the molecule is COC(C)(CN)C(F)(F)C(F)(F)F. The van der Waals surface area contributed by atoms with E-state index in [4.69, 9.17) is 5.73 Å². The third-order valence-corrected chi connectivity index (χ3v) is 1.86. The highest BCUT2D eigenvalue weighted by molar-refractivity contribution is 4.96. The molecule has 0 amide bonds. The van der Waals surface area contributed by atoms with Crippen molar-refractivity contribution in [1.82, 2.24) is 0 Å². The number of ether oxygens (including phenoxy) is 1. The van der Waals surface area contributed by atoms with Gasteiger partial charge in [0.25, 0.3) is 0 Å². The predicted octanol–water partition coefficient (Wildman–Crippen LogP) is 1.55. The van der Waals surface area contributed by atoms with Crippen molar-refractivity contribution in [2.45, 2.75) is 24.6 Å². The van der Waals surface area contributed by atoms with Gasteiger partial charge in [0.1, 0.15) is 5.60 Å². The number of rotatable bonds is 3. The zero-order valence-corrected chi connectivity index (χ0v) is 7.08. The van der Waals surface area contributed by atoms with E-state index in [2.05, 4.69) is 4.74 Å². The molecule has 0 aromatic carbocycles. The van der Waals surface area contributed by atoms with Gasteiger partial charge in [-0.25, -0.2) is 0 Å². The van der Waals surface area contributed by atoms with Gasteiger partial charge in [0.15, 0.2) is 0 Å². The Hall–Kier alpha value is -0.430.